The Morgan fingerprint density at radius 3 is 2.37 bits per heavy atom. The van der Waals surface area contributed by atoms with Crippen molar-refractivity contribution in [3.05, 3.63) is 76.9 Å². The number of tetrazole rings is 1. The van der Waals surface area contributed by atoms with Crippen LogP contribution in [0.25, 0.3) is 17.1 Å². The van der Waals surface area contributed by atoms with Gasteiger partial charge in [0.2, 0.25) is 5.82 Å². The van der Waals surface area contributed by atoms with E-state index in [0.29, 0.717) is 17.9 Å². The van der Waals surface area contributed by atoms with Gasteiger partial charge >= 0.3 is 0 Å². The van der Waals surface area contributed by atoms with E-state index in [9.17, 15) is 4.39 Å². The normalized spacial score (nSPS) is 11.1. The molecule has 6 nitrogen and oxygen atoms in total. The summed E-state index contributed by atoms with van der Waals surface area (Å²) in [6, 6.07) is 14.9. The highest BCUT2D eigenvalue weighted by atomic mass is 19.1. The standard InChI is InChI=1S/C20H19FN6/c1-13-10-17(6-9-19(13)21)20-22-25-26(24-20)12-16-4-7-18(8-5-16)27-15(3)11-14(2)23-27/h4-11H,12H2,1-3H3. The zero-order chi connectivity index (χ0) is 19.0. The third-order valence-electron chi connectivity index (χ3n) is 4.38. The summed E-state index contributed by atoms with van der Waals surface area (Å²) in [4.78, 5) is 1.53. The predicted octanol–water partition coefficient (Wildman–Crippen LogP) is 3.64. The molecule has 0 bridgehead atoms. The zero-order valence-corrected chi connectivity index (χ0v) is 15.4. The fourth-order valence-electron chi connectivity index (χ4n) is 3.01. The molecule has 2 aromatic heterocycles. The largest absolute Gasteiger partial charge is 0.238 e. The summed E-state index contributed by atoms with van der Waals surface area (Å²) in [6.45, 7) is 6.23. The SMILES string of the molecule is Cc1cc(C)n(-c2ccc(Cn3nnc(-c4ccc(F)c(C)c4)n3)cc2)n1. The zero-order valence-electron chi connectivity index (χ0n) is 15.4. The molecule has 0 aliphatic rings. The predicted molar refractivity (Wildman–Crippen MR) is 100 cm³/mol. The molecule has 4 rings (SSSR count). The van der Waals surface area contributed by atoms with Gasteiger partial charge in [-0.3, -0.25) is 0 Å². The Hall–Kier alpha value is -3.35. The van der Waals surface area contributed by atoms with Crippen molar-refractivity contribution in [1.29, 1.82) is 0 Å². The van der Waals surface area contributed by atoms with E-state index in [4.69, 9.17) is 0 Å². The molecule has 0 unspecified atom stereocenters. The molecule has 0 atom stereocenters. The molecule has 7 heteroatoms. The molecule has 0 saturated carbocycles. The van der Waals surface area contributed by atoms with Crippen molar-refractivity contribution < 1.29 is 4.39 Å². The van der Waals surface area contributed by atoms with Crippen LogP contribution in [0.4, 0.5) is 4.39 Å². The Balaban J connectivity index is 1.52. The molecule has 0 N–H and O–H groups in total. The molecule has 0 aliphatic heterocycles. The molecule has 0 saturated heterocycles. The number of hydrogen-bond acceptors (Lipinski definition) is 4. The third-order valence-corrected chi connectivity index (χ3v) is 4.38. The van der Waals surface area contributed by atoms with Gasteiger partial charge in [0.25, 0.3) is 0 Å². The molecule has 27 heavy (non-hydrogen) atoms. The molecule has 136 valence electrons. The minimum atomic E-state index is -0.242. The van der Waals surface area contributed by atoms with Crippen LogP contribution in [0.5, 0.6) is 0 Å². The lowest BCUT2D eigenvalue weighted by Crippen LogP contribution is -2.05. The first-order chi connectivity index (χ1) is 13.0. The molecule has 0 fully saturated rings. The summed E-state index contributed by atoms with van der Waals surface area (Å²) in [5.74, 6) is 0.242. The summed E-state index contributed by atoms with van der Waals surface area (Å²) >= 11 is 0. The summed E-state index contributed by atoms with van der Waals surface area (Å²) in [7, 11) is 0. The molecular weight excluding hydrogens is 343 g/mol. The van der Waals surface area contributed by atoms with Gasteiger partial charge in [0.15, 0.2) is 0 Å². The highest BCUT2D eigenvalue weighted by Crippen LogP contribution is 2.18. The van der Waals surface area contributed by atoms with E-state index in [1.807, 2.05) is 48.9 Å². The summed E-state index contributed by atoms with van der Waals surface area (Å²) in [5.41, 5.74) is 5.46. The molecule has 2 heterocycles. The number of hydrogen-bond donors (Lipinski definition) is 0. The van der Waals surface area contributed by atoms with Gasteiger partial charge in [0.1, 0.15) is 5.82 Å². The van der Waals surface area contributed by atoms with E-state index in [1.165, 1.54) is 10.9 Å². The molecule has 0 radical (unpaired) electrons. The molecule has 0 amide bonds. The maximum absolute atomic E-state index is 13.4. The fourth-order valence-corrected chi connectivity index (χ4v) is 3.01. The van der Waals surface area contributed by atoms with E-state index in [0.717, 1.165) is 28.2 Å². The summed E-state index contributed by atoms with van der Waals surface area (Å²) in [6.07, 6.45) is 0. The van der Waals surface area contributed by atoms with E-state index in [-0.39, 0.29) is 5.82 Å². The molecule has 2 aromatic carbocycles. The number of rotatable bonds is 4. The number of aryl methyl sites for hydroxylation is 3. The lowest BCUT2D eigenvalue weighted by Gasteiger charge is -2.06. The van der Waals surface area contributed by atoms with E-state index in [1.54, 1.807) is 19.1 Å². The molecule has 0 spiro atoms. The Labute approximate surface area is 156 Å². The monoisotopic (exact) mass is 362 g/mol. The second-order valence-electron chi connectivity index (χ2n) is 6.61. The van der Waals surface area contributed by atoms with Crippen molar-refractivity contribution in [3.63, 3.8) is 0 Å². The van der Waals surface area contributed by atoms with Crippen LogP contribution in [0.15, 0.2) is 48.5 Å². The first-order valence-corrected chi connectivity index (χ1v) is 8.66. The Kier molecular flexibility index (Phi) is 4.27. The average Bonchev–Trinajstić information content (AvgIpc) is 3.24. The Morgan fingerprint density at radius 2 is 1.70 bits per heavy atom. The highest BCUT2D eigenvalue weighted by molar-refractivity contribution is 5.55. The van der Waals surface area contributed by atoms with Gasteiger partial charge in [0, 0.05) is 11.3 Å². The van der Waals surface area contributed by atoms with Crippen LogP contribution >= 0.6 is 0 Å². The molecule has 4 aromatic rings. The van der Waals surface area contributed by atoms with Crippen LogP contribution in [0.3, 0.4) is 0 Å². The number of nitrogens with zero attached hydrogens (tertiary/aromatic N) is 6. The number of benzene rings is 2. The van der Waals surface area contributed by atoms with Crippen LogP contribution in [0.1, 0.15) is 22.5 Å². The van der Waals surface area contributed by atoms with Crippen molar-refractivity contribution in [2.24, 2.45) is 0 Å². The van der Waals surface area contributed by atoms with Crippen molar-refractivity contribution in [2.45, 2.75) is 27.3 Å². The van der Waals surface area contributed by atoms with Gasteiger partial charge in [0.05, 0.1) is 17.9 Å². The van der Waals surface area contributed by atoms with E-state index < -0.39 is 0 Å². The van der Waals surface area contributed by atoms with Gasteiger partial charge in [-0.25, -0.2) is 9.07 Å². The van der Waals surface area contributed by atoms with Crippen LogP contribution in [-0.4, -0.2) is 30.0 Å². The second-order valence-corrected chi connectivity index (χ2v) is 6.61. The maximum atomic E-state index is 13.4. The van der Waals surface area contributed by atoms with Crippen molar-refractivity contribution >= 4 is 0 Å². The summed E-state index contributed by atoms with van der Waals surface area (Å²) < 4.78 is 15.3. The topological polar surface area (TPSA) is 61.4 Å². The van der Waals surface area contributed by atoms with Gasteiger partial charge in [-0.05, 0) is 73.5 Å². The van der Waals surface area contributed by atoms with Crippen molar-refractivity contribution in [1.82, 2.24) is 30.0 Å². The maximum Gasteiger partial charge on any atom is 0.204 e. The number of aromatic nitrogens is 6. The van der Waals surface area contributed by atoms with Crippen LogP contribution in [0.2, 0.25) is 0 Å². The minimum absolute atomic E-state index is 0.242. The minimum Gasteiger partial charge on any atom is -0.238 e. The van der Waals surface area contributed by atoms with E-state index >= 15 is 0 Å². The number of halogens is 1. The second kappa shape index (κ2) is 6.75. The van der Waals surface area contributed by atoms with E-state index in [2.05, 4.69) is 20.5 Å². The van der Waals surface area contributed by atoms with Gasteiger partial charge < -0.3 is 0 Å². The first-order valence-electron chi connectivity index (χ1n) is 8.66. The van der Waals surface area contributed by atoms with Gasteiger partial charge in [-0.2, -0.15) is 9.90 Å². The van der Waals surface area contributed by atoms with Crippen molar-refractivity contribution in [3.8, 4) is 17.1 Å². The van der Waals surface area contributed by atoms with Crippen LogP contribution in [0, 0.1) is 26.6 Å². The van der Waals surface area contributed by atoms with Crippen LogP contribution < -0.4 is 0 Å². The quantitative estimate of drug-likeness (QED) is 0.556. The third kappa shape index (κ3) is 3.48. The molecular formula is C20H19FN6. The Morgan fingerprint density at radius 1 is 0.926 bits per heavy atom. The van der Waals surface area contributed by atoms with Crippen LogP contribution in [-0.2, 0) is 6.54 Å². The van der Waals surface area contributed by atoms with Gasteiger partial charge in [-0.1, -0.05) is 12.1 Å². The molecule has 0 aliphatic carbocycles. The first kappa shape index (κ1) is 17.1. The fraction of sp³-hybridized carbons (Fsp3) is 0.200. The Bertz CT molecular complexity index is 1090. The average molecular weight is 362 g/mol. The lowest BCUT2D eigenvalue weighted by atomic mass is 10.1. The van der Waals surface area contributed by atoms with Crippen molar-refractivity contribution in [2.75, 3.05) is 0 Å². The smallest absolute Gasteiger partial charge is 0.204 e. The lowest BCUT2D eigenvalue weighted by molar-refractivity contribution is 0.572. The summed E-state index contributed by atoms with van der Waals surface area (Å²) in [5, 5.41) is 17.1. The van der Waals surface area contributed by atoms with Gasteiger partial charge in [-0.15, -0.1) is 10.2 Å². The highest BCUT2D eigenvalue weighted by Gasteiger charge is 2.09.